The number of fused-ring (bicyclic) bond motifs is 2. The van der Waals surface area contributed by atoms with Crippen LogP contribution in [0.3, 0.4) is 0 Å². The Hall–Kier alpha value is -2.94. The number of carbonyl (C=O) groups is 1. The molecule has 0 spiro atoms. The first-order chi connectivity index (χ1) is 13.0. The number of hydrogen-bond acceptors (Lipinski definition) is 5. The summed E-state index contributed by atoms with van der Waals surface area (Å²) in [6.07, 6.45) is 0.180. The lowest BCUT2D eigenvalue weighted by atomic mass is 10.1. The third-order valence-corrected chi connectivity index (χ3v) is 6.38. The molecule has 0 bridgehead atoms. The van der Waals surface area contributed by atoms with Crippen LogP contribution in [0.4, 0.5) is 11.4 Å². The summed E-state index contributed by atoms with van der Waals surface area (Å²) in [5, 5.41) is 2.77. The lowest BCUT2D eigenvalue weighted by Gasteiger charge is -2.19. The normalized spacial score (nSPS) is 16.3. The number of nitrogens with one attached hydrogen (secondary N) is 1. The molecule has 0 saturated heterocycles. The molecule has 0 aromatic heterocycles. The topological polar surface area (TPSA) is 88.2 Å². The molecular weight excluding hydrogens is 370 g/mol. The van der Waals surface area contributed by atoms with Crippen molar-refractivity contribution in [2.45, 2.75) is 6.42 Å². The number of anilines is 2. The van der Waals surface area contributed by atoms with Gasteiger partial charge in [-0.15, -0.1) is 0 Å². The van der Waals surface area contributed by atoms with Gasteiger partial charge < -0.3 is 14.8 Å². The van der Waals surface area contributed by atoms with E-state index in [9.17, 15) is 13.2 Å². The van der Waals surface area contributed by atoms with E-state index in [2.05, 4.69) is 5.32 Å². The van der Waals surface area contributed by atoms with Gasteiger partial charge in [0, 0.05) is 13.6 Å². The third kappa shape index (κ3) is 3.14. The number of ether oxygens (including phenoxy) is 2. The van der Waals surface area contributed by atoms with Gasteiger partial charge in [0.2, 0.25) is 12.7 Å². The van der Waals surface area contributed by atoms with E-state index in [1.54, 1.807) is 36.4 Å². The summed E-state index contributed by atoms with van der Waals surface area (Å²) in [7, 11) is -2.08. The quantitative estimate of drug-likeness (QED) is 0.832. The predicted octanol–water partition coefficient (Wildman–Crippen LogP) is 1.28. The molecule has 9 heteroatoms. The molecule has 2 aromatic carbocycles. The highest BCUT2D eigenvalue weighted by atomic mass is 32.2. The summed E-state index contributed by atoms with van der Waals surface area (Å²) in [6, 6.07) is 12.5. The van der Waals surface area contributed by atoms with Crippen LogP contribution in [0.5, 0.6) is 11.5 Å². The molecule has 0 aliphatic carbocycles. The Morgan fingerprint density at radius 1 is 1.11 bits per heavy atom. The fraction of sp³-hybridized carbons (Fsp3) is 0.278. The second-order valence-corrected chi connectivity index (χ2v) is 8.13. The first-order valence-corrected chi connectivity index (χ1v) is 9.87. The van der Waals surface area contributed by atoms with Crippen LogP contribution >= 0.6 is 0 Å². The van der Waals surface area contributed by atoms with E-state index in [4.69, 9.17) is 9.47 Å². The molecule has 1 amide bonds. The molecule has 142 valence electrons. The fourth-order valence-electron chi connectivity index (χ4n) is 3.17. The number of amides is 1. The van der Waals surface area contributed by atoms with E-state index in [-0.39, 0.29) is 32.2 Å². The van der Waals surface area contributed by atoms with Gasteiger partial charge in [-0.1, -0.05) is 18.2 Å². The van der Waals surface area contributed by atoms with Gasteiger partial charge in [-0.3, -0.25) is 9.10 Å². The maximum Gasteiger partial charge on any atom is 0.326 e. The van der Waals surface area contributed by atoms with E-state index in [1.807, 2.05) is 6.07 Å². The Balaban J connectivity index is 1.36. The summed E-state index contributed by atoms with van der Waals surface area (Å²) < 4.78 is 38.2. The SMILES string of the molecule is CN1c2ccccc2N(CCNC(=O)Cc2ccc3c(c2)OCO3)S1(=O)=O. The molecule has 0 radical (unpaired) electrons. The average Bonchev–Trinajstić information content (AvgIpc) is 3.18. The van der Waals surface area contributed by atoms with Gasteiger partial charge in [-0.05, 0) is 29.8 Å². The number of hydrogen-bond donors (Lipinski definition) is 1. The Morgan fingerprint density at radius 3 is 2.67 bits per heavy atom. The van der Waals surface area contributed by atoms with Crippen LogP contribution in [0, 0.1) is 0 Å². The van der Waals surface area contributed by atoms with Crippen molar-refractivity contribution in [3.63, 3.8) is 0 Å². The van der Waals surface area contributed by atoms with Crippen molar-refractivity contribution < 1.29 is 22.7 Å². The highest BCUT2D eigenvalue weighted by Gasteiger charge is 2.37. The summed E-state index contributed by atoms with van der Waals surface area (Å²) in [5.74, 6) is 1.11. The maximum atomic E-state index is 12.5. The number of rotatable bonds is 5. The highest BCUT2D eigenvalue weighted by Crippen LogP contribution is 2.39. The van der Waals surface area contributed by atoms with Crippen LogP contribution < -0.4 is 23.4 Å². The largest absolute Gasteiger partial charge is 0.454 e. The number of nitrogens with zero attached hydrogens (tertiary/aromatic N) is 2. The number of benzene rings is 2. The molecule has 1 N–H and O–H groups in total. The van der Waals surface area contributed by atoms with E-state index in [0.717, 1.165) is 5.56 Å². The average molecular weight is 389 g/mol. The zero-order chi connectivity index (χ0) is 19.0. The molecular formula is C18H19N3O5S. The van der Waals surface area contributed by atoms with Crippen LogP contribution in [0.1, 0.15) is 5.56 Å². The van der Waals surface area contributed by atoms with Crippen molar-refractivity contribution >= 4 is 27.5 Å². The van der Waals surface area contributed by atoms with Gasteiger partial charge in [0.25, 0.3) is 0 Å². The molecule has 2 aliphatic rings. The maximum absolute atomic E-state index is 12.5. The van der Waals surface area contributed by atoms with Crippen LogP contribution in [0.2, 0.25) is 0 Å². The molecule has 8 nitrogen and oxygen atoms in total. The minimum Gasteiger partial charge on any atom is -0.454 e. The lowest BCUT2D eigenvalue weighted by molar-refractivity contribution is -0.120. The van der Waals surface area contributed by atoms with Gasteiger partial charge in [-0.2, -0.15) is 8.42 Å². The molecule has 2 aromatic rings. The standard InChI is InChI=1S/C18H19N3O5S/c1-20-14-4-2-3-5-15(14)21(27(20,23)24)9-8-19-18(22)11-13-6-7-16-17(10-13)26-12-25-16/h2-7,10H,8-9,11-12H2,1H3,(H,19,22). The molecule has 2 heterocycles. The molecule has 4 rings (SSSR count). The zero-order valence-electron chi connectivity index (χ0n) is 14.7. The second kappa shape index (κ2) is 6.66. The van der Waals surface area contributed by atoms with Gasteiger partial charge in [0.05, 0.1) is 24.3 Å². The van der Waals surface area contributed by atoms with Crippen molar-refractivity contribution in [3.05, 3.63) is 48.0 Å². The summed E-state index contributed by atoms with van der Waals surface area (Å²) in [5.41, 5.74) is 2.05. The van der Waals surface area contributed by atoms with E-state index >= 15 is 0 Å². The predicted molar refractivity (Wildman–Crippen MR) is 100 cm³/mol. The fourth-order valence-corrected chi connectivity index (χ4v) is 4.59. The molecule has 0 fully saturated rings. The van der Waals surface area contributed by atoms with Gasteiger partial charge >= 0.3 is 10.2 Å². The second-order valence-electron chi connectivity index (χ2n) is 6.25. The third-order valence-electron chi connectivity index (χ3n) is 4.55. The van der Waals surface area contributed by atoms with Crippen molar-refractivity contribution in [1.82, 2.24) is 5.32 Å². The molecule has 0 unspecified atom stereocenters. The van der Waals surface area contributed by atoms with Crippen molar-refractivity contribution in [2.75, 3.05) is 35.5 Å². The molecule has 0 saturated carbocycles. The molecule has 27 heavy (non-hydrogen) atoms. The van der Waals surface area contributed by atoms with E-state index < -0.39 is 10.2 Å². The van der Waals surface area contributed by atoms with Gasteiger partial charge in [0.15, 0.2) is 11.5 Å². The van der Waals surface area contributed by atoms with Gasteiger partial charge in [0.1, 0.15) is 0 Å². The summed E-state index contributed by atoms with van der Waals surface area (Å²) >= 11 is 0. The Kier molecular flexibility index (Phi) is 4.31. The Morgan fingerprint density at radius 2 is 1.85 bits per heavy atom. The van der Waals surface area contributed by atoms with Crippen LogP contribution in [0.25, 0.3) is 0 Å². The van der Waals surface area contributed by atoms with Crippen LogP contribution in [-0.4, -0.2) is 41.3 Å². The van der Waals surface area contributed by atoms with Crippen LogP contribution in [0.15, 0.2) is 42.5 Å². The smallest absolute Gasteiger partial charge is 0.326 e. The molecule has 2 aliphatic heterocycles. The summed E-state index contributed by atoms with van der Waals surface area (Å²) in [4.78, 5) is 12.2. The monoisotopic (exact) mass is 389 g/mol. The van der Waals surface area contributed by atoms with Crippen LogP contribution in [-0.2, 0) is 21.4 Å². The van der Waals surface area contributed by atoms with Crippen molar-refractivity contribution in [3.8, 4) is 11.5 Å². The zero-order valence-corrected chi connectivity index (χ0v) is 15.5. The minimum atomic E-state index is -3.60. The first kappa shape index (κ1) is 17.5. The number of carbonyl (C=O) groups excluding carboxylic acids is 1. The van der Waals surface area contributed by atoms with Gasteiger partial charge in [-0.25, -0.2) is 4.31 Å². The first-order valence-electron chi connectivity index (χ1n) is 8.47. The Bertz CT molecular complexity index is 992. The van der Waals surface area contributed by atoms with E-state index in [0.29, 0.717) is 22.9 Å². The Labute approximate surface area is 157 Å². The highest BCUT2D eigenvalue weighted by molar-refractivity contribution is 7.94. The van der Waals surface area contributed by atoms with Crippen molar-refractivity contribution in [1.29, 1.82) is 0 Å². The van der Waals surface area contributed by atoms with E-state index in [1.165, 1.54) is 15.7 Å². The number of para-hydroxylation sites is 2. The summed E-state index contributed by atoms with van der Waals surface area (Å²) in [6.45, 7) is 0.562. The van der Waals surface area contributed by atoms with Crippen molar-refractivity contribution in [2.24, 2.45) is 0 Å². The molecule has 0 atom stereocenters. The lowest BCUT2D eigenvalue weighted by Crippen LogP contribution is -2.41. The minimum absolute atomic E-state index is 0.163.